The zero-order valence-electron chi connectivity index (χ0n) is 11.7. The lowest BCUT2D eigenvalue weighted by Crippen LogP contribution is -2.28. The summed E-state index contributed by atoms with van der Waals surface area (Å²) in [6.45, 7) is 0.758. The lowest BCUT2D eigenvalue weighted by molar-refractivity contribution is -0.128. The van der Waals surface area contributed by atoms with Crippen molar-refractivity contribution in [2.45, 2.75) is 13.0 Å². The Hall–Kier alpha value is -2.34. The van der Waals surface area contributed by atoms with E-state index in [2.05, 4.69) is 10.3 Å². The molecular formula is C15H14ClN3O3. The molecule has 3 rings (SSSR count). The third-order valence-corrected chi connectivity index (χ3v) is 3.71. The molecule has 0 spiro atoms. The molecule has 0 saturated carbocycles. The number of halogens is 1. The van der Waals surface area contributed by atoms with Crippen molar-refractivity contribution in [2.24, 2.45) is 5.92 Å². The maximum absolute atomic E-state index is 12.2. The third kappa shape index (κ3) is 3.28. The topological polar surface area (TPSA) is 75.4 Å². The molecule has 1 aliphatic heterocycles. The van der Waals surface area contributed by atoms with Crippen LogP contribution in [0.2, 0.25) is 5.02 Å². The highest BCUT2D eigenvalue weighted by Crippen LogP contribution is 2.22. The van der Waals surface area contributed by atoms with Gasteiger partial charge in [0.1, 0.15) is 11.6 Å². The highest BCUT2D eigenvalue weighted by Gasteiger charge is 2.34. The predicted molar refractivity (Wildman–Crippen MR) is 80.1 cm³/mol. The molecule has 3 heterocycles. The van der Waals surface area contributed by atoms with Crippen molar-refractivity contribution < 1.29 is 14.0 Å². The summed E-state index contributed by atoms with van der Waals surface area (Å²) < 4.78 is 5.23. The summed E-state index contributed by atoms with van der Waals surface area (Å²) in [5.74, 6) is 0.464. The van der Waals surface area contributed by atoms with Gasteiger partial charge in [-0.25, -0.2) is 4.98 Å². The van der Waals surface area contributed by atoms with E-state index in [1.54, 1.807) is 35.4 Å². The van der Waals surface area contributed by atoms with Gasteiger partial charge in [0.25, 0.3) is 0 Å². The van der Waals surface area contributed by atoms with Gasteiger partial charge in [-0.05, 0) is 24.3 Å². The number of nitrogens with zero attached hydrogens (tertiary/aromatic N) is 2. The lowest BCUT2D eigenvalue weighted by atomic mass is 10.1. The molecule has 7 heteroatoms. The molecule has 1 fully saturated rings. The third-order valence-electron chi connectivity index (χ3n) is 3.49. The molecule has 1 aliphatic rings. The van der Waals surface area contributed by atoms with Crippen molar-refractivity contribution >= 4 is 29.2 Å². The first-order chi connectivity index (χ1) is 10.6. The van der Waals surface area contributed by atoms with Crippen molar-refractivity contribution in [3.63, 3.8) is 0 Å². The number of aromatic nitrogens is 1. The molecule has 0 aliphatic carbocycles. The van der Waals surface area contributed by atoms with Crippen LogP contribution >= 0.6 is 11.6 Å². The van der Waals surface area contributed by atoms with Crippen LogP contribution in [0.3, 0.4) is 0 Å². The van der Waals surface area contributed by atoms with E-state index in [1.807, 2.05) is 0 Å². The number of pyridine rings is 1. The van der Waals surface area contributed by atoms with Crippen LogP contribution in [0.4, 0.5) is 5.82 Å². The number of hydrogen-bond acceptors (Lipinski definition) is 4. The van der Waals surface area contributed by atoms with Crippen LogP contribution in [-0.2, 0) is 16.1 Å². The molecule has 22 heavy (non-hydrogen) atoms. The number of furan rings is 1. The lowest BCUT2D eigenvalue weighted by Gasteiger charge is -2.14. The van der Waals surface area contributed by atoms with Crippen LogP contribution in [0, 0.1) is 5.92 Å². The summed E-state index contributed by atoms with van der Waals surface area (Å²) in [5.41, 5.74) is 0. The van der Waals surface area contributed by atoms with Crippen LogP contribution in [0.5, 0.6) is 0 Å². The molecule has 2 amide bonds. The number of anilines is 1. The summed E-state index contributed by atoms with van der Waals surface area (Å²) in [6.07, 6.45) is 3.21. The van der Waals surface area contributed by atoms with Gasteiger partial charge >= 0.3 is 0 Å². The van der Waals surface area contributed by atoms with Gasteiger partial charge in [-0.1, -0.05) is 11.6 Å². The number of hydrogen-bond donors (Lipinski definition) is 1. The largest absolute Gasteiger partial charge is 0.467 e. The zero-order valence-corrected chi connectivity index (χ0v) is 12.4. The zero-order chi connectivity index (χ0) is 15.5. The van der Waals surface area contributed by atoms with Gasteiger partial charge < -0.3 is 14.6 Å². The first kappa shape index (κ1) is 14.6. The SMILES string of the molecule is O=C(Nc1ccc(Cl)cn1)C1CC(=O)N(Cc2ccco2)C1. The first-order valence-corrected chi connectivity index (χ1v) is 7.22. The Labute approximate surface area is 132 Å². The second kappa shape index (κ2) is 6.19. The first-order valence-electron chi connectivity index (χ1n) is 6.84. The molecule has 1 unspecified atom stereocenters. The fourth-order valence-electron chi connectivity index (χ4n) is 2.37. The minimum atomic E-state index is -0.389. The molecule has 1 atom stereocenters. The summed E-state index contributed by atoms with van der Waals surface area (Å²) >= 11 is 5.75. The van der Waals surface area contributed by atoms with Crippen molar-refractivity contribution in [1.29, 1.82) is 0 Å². The average Bonchev–Trinajstić information content (AvgIpc) is 3.13. The molecular weight excluding hydrogens is 306 g/mol. The molecule has 0 aromatic carbocycles. The molecule has 1 N–H and O–H groups in total. The number of likely N-dealkylation sites (tertiary alicyclic amines) is 1. The predicted octanol–water partition coefficient (Wildman–Crippen LogP) is 2.32. The summed E-state index contributed by atoms with van der Waals surface area (Å²) in [4.78, 5) is 29.8. The quantitative estimate of drug-likeness (QED) is 0.938. The second-order valence-corrected chi connectivity index (χ2v) is 5.54. The van der Waals surface area contributed by atoms with E-state index in [4.69, 9.17) is 16.0 Å². The van der Waals surface area contributed by atoms with Gasteiger partial charge in [-0.15, -0.1) is 0 Å². The van der Waals surface area contributed by atoms with Crippen LogP contribution < -0.4 is 5.32 Å². The van der Waals surface area contributed by atoms with Gasteiger partial charge in [0.2, 0.25) is 11.8 Å². The van der Waals surface area contributed by atoms with E-state index in [-0.39, 0.29) is 24.2 Å². The number of carbonyl (C=O) groups is 2. The van der Waals surface area contributed by atoms with Crippen molar-refractivity contribution in [3.05, 3.63) is 47.5 Å². The van der Waals surface area contributed by atoms with E-state index >= 15 is 0 Å². The smallest absolute Gasteiger partial charge is 0.230 e. The van der Waals surface area contributed by atoms with E-state index < -0.39 is 0 Å². The van der Waals surface area contributed by atoms with Gasteiger partial charge in [-0.2, -0.15) is 0 Å². The maximum Gasteiger partial charge on any atom is 0.230 e. The van der Waals surface area contributed by atoms with E-state index in [1.165, 1.54) is 6.20 Å². The average molecular weight is 320 g/mol. The number of carbonyl (C=O) groups excluding carboxylic acids is 2. The van der Waals surface area contributed by atoms with Crippen molar-refractivity contribution in [3.8, 4) is 0 Å². The Kier molecular flexibility index (Phi) is 4.11. The summed E-state index contributed by atoms with van der Waals surface area (Å²) in [5, 5.41) is 3.20. The second-order valence-electron chi connectivity index (χ2n) is 5.11. The molecule has 0 bridgehead atoms. The van der Waals surface area contributed by atoms with Crippen LogP contribution in [0.15, 0.2) is 41.1 Å². The molecule has 1 saturated heterocycles. The Bertz CT molecular complexity index is 670. The Morgan fingerprint density at radius 2 is 2.32 bits per heavy atom. The van der Waals surface area contributed by atoms with Crippen LogP contribution in [-0.4, -0.2) is 28.2 Å². The Balaban J connectivity index is 1.60. The highest BCUT2D eigenvalue weighted by atomic mass is 35.5. The maximum atomic E-state index is 12.2. The van der Waals surface area contributed by atoms with E-state index in [9.17, 15) is 9.59 Å². The van der Waals surface area contributed by atoms with Crippen molar-refractivity contribution in [2.75, 3.05) is 11.9 Å². The normalized spacial score (nSPS) is 17.8. The Morgan fingerprint density at radius 3 is 3.00 bits per heavy atom. The number of rotatable bonds is 4. The number of nitrogens with one attached hydrogen (secondary N) is 1. The standard InChI is InChI=1S/C15H14ClN3O3/c16-11-3-4-13(17-7-11)18-15(21)10-6-14(20)19(8-10)9-12-2-1-5-22-12/h1-5,7,10H,6,8-9H2,(H,17,18,21). The monoisotopic (exact) mass is 319 g/mol. The molecule has 0 radical (unpaired) electrons. The van der Waals surface area contributed by atoms with Gasteiger partial charge in [0.05, 0.1) is 23.7 Å². The van der Waals surface area contributed by atoms with Gasteiger partial charge in [-0.3, -0.25) is 9.59 Å². The highest BCUT2D eigenvalue weighted by molar-refractivity contribution is 6.30. The van der Waals surface area contributed by atoms with Gasteiger partial charge in [0.15, 0.2) is 0 Å². The molecule has 2 aromatic rings. The Morgan fingerprint density at radius 1 is 1.45 bits per heavy atom. The fraction of sp³-hybridized carbons (Fsp3) is 0.267. The molecule has 6 nitrogen and oxygen atoms in total. The summed E-state index contributed by atoms with van der Waals surface area (Å²) in [6, 6.07) is 6.84. The number of amides is 2. The minimum Gasteiger partial charge on any atom is -0.467 e. The van der Waals surface area contributed by atoms with Crippen molar-refractivity contribution in [1.82, 2.24) is 9.88 Å². The molecule has 114 valence electrons. The minimum absolute atomic E-state index is 0.0550. The van der Waals surface area contributed by atoms with Crippen LogP contribution in [0.25, 0.3) is 0 Å². The van der Waals surface area contributed by atoms with E-state index in [0.29, 0.717) is 29.7 Å². The van der Waals surface area contributed by atoms with Crippen LogP contribution in [0.1, 0.15) is 12.2 Å². The van der Waals surface area contributed by atoms with Gasteiger partial charge in [0, 0.05) is 19.2 Å². The summed E-state index contributed by atoms with van der Waals surface area (Å²) in [7, 11) is 0. The molecule has 2 aromatic heterocycles. The van der Waals surface area contributed by atoms with E-state index in [0.717, 1.165) is 0 Å². The fourth-order valence-corrected chi connectivity index (χ4v) is 2.48.